The standard InChI is InChI=1S/C24H24Cl2N2O/c1-17-6-8-19(9-7-17)16-28(13-12-20-10-11-21(25)15-23(20)26)24(29)27-22-5-3-4-18(2)14-22/h3-11,14-15H,12-13,16H2,1-2H3,(H,27,29). The number of anilines is 1. The van der Waals surface area contributed by atoms with Crippen molar-refractivity contribution in [2.24, 2.45) is 0 Å². The third-order valence-corrected chi connectivity index (χ3v) is 5.30. The Morgan fingerprint density at radius 3 is 2.38 bits per heavy atom. The van der Waals surface area contributed by atoms with Gasteiger partial charge >= 0.3 is 6.03 Å². The largest absolute Gasteiger partial charge is 0.322 e. The maximum absolute atomic E-state index is 13.0. The number of aryl methyl sites for hydroxylation is 2. The zero-order valence-electron chi connectivity index (χ0n) is 16.6. The monoisotopic (exact) mass is 426 g/mol. The van der Waals surface area contributed by atoms with Crippen LogP contribution in [0.2, 0.25) is 10.0 Å². The fourth-order valence-corrected chi connectivity index (χ4v) is 3.57. The molecule has 0 heterocycles. The summed E-state index contributed by atoms with van der Waals surface area (Å²) in [5.74, 6) is 0. The van der Waals surface area contributed by atoms with Crippen LogP contribution in [0.25, 0.3) is 0 Å². The SMILES string of the molecule is Cc1ccc(CN(CCc2ccc(Cl)cc2Cl)C(=O)Nc2cccc(C)c2)cc1. The topological polar surface area (TPSA) is 32.3 Å². The van der Waals surface area contributed by atoms with Crippen molar-refractivity contribution < 1.29 is 4.79 Å². The Kier molecular flexibility index (Phi) is 7.18. The molecule has 3 rings (SSSR count). The van der Waals surface area contributed by atoms with Gasteiger partial charge in [-0.2, -0.15) is 0 Å². The maximum Gasteiger partial charge on any atom is 0.322 e. The molecule has 0 unspecified atom stereocenters. The van der Waals surface area contributed by atoms with Crippen molar-refractivity contribution in [3.05, 3.63) is 99.0 Å². The summed E-state index contributed by atoms with van der Waals surface area (Å²) in [6.07, 6.45) is 0.642. The first-order valence-electron chi connectivity index (χ1n) is 9.53. The van der Waals surface area contributed by atoms with E-state index >= 15 is 0 Å². The van der Waals surface area contributed by atoms with Gasteiger partial charge in [-0.05, 0) is 61.2 Å². The number of urea groups is 1. The first-order valence-corrected chi connectivity index (χ1v) is 10.3. The third-order valence-electron chi connectivity index (χ3n) is 4.72. The number of carbonyl (C=O) groups is 1. The lowest BCUT2D eigenvalue weighted by molar-refractivity contribution is 0.210. The van der Waals surface area contributed by atoms with Crippen molar-refractivity contribution >= 4 is 34.9 Å². The lowest BCUT2D eigenvalue weighted by Gasteiger charge is -2.24. The molecule has 5 heteroatoms. The van der Waals surface area contributed by atoms with Gasteiger partial charge in [0.2, 0.25) is 0 Å². The van der Waals surface area contributed by atoms with E-state index < -0.39 is 0 Å². The van der Waals surface area contributed by atoms with Crippen LogP contribution in [0.3, 0.4) is 0 Å². The van der Waals surface area contributed by atoms with Gasteiger partial charge in [0.05, 0.1) is 0 Å². The van der Waals surface area contributed by atoms with Gasteiger partial charge in [0.25, 0.3) is 0 Å². The number of benzene rings is 3. The molecule has 0 bridgehead atoms. The smallest absolute Gasteiger partial charge is 0.320 e. The van der Waals surface area contributed by atoms with Crippen LogP contribution in [0.1, 0.15) is 22.3 Å². The van der Waals surface area contributed by atoms with E-state index in [0.29, 0.717) is 29.6 Å². The van der Waals surface area contributed by atoms with Crippen molar-refractivity contribution in [2.75, 3.05) is 11.9 Å². The highest BCUT2D eigenvalue weighted by atomic mass is 35.5. The Hall–Kier alpha value is -2.49. The second-order valence-corrected chi connectivity index (χ2v) is 8.04. The van der Waals surface area contributed by atoms with Gasteiger partial charge in [-0.25, -0.2) is 4.79 Å². The predicted octanol–water partition coefficient (Wildman–Crippen LogP) is 6.89. The number of hydrogen-bond donors (Lipinski definition) is 1. The number of nitrogens with one attached hydrogen (secondary N) is 1. The van der Waals surface area contributed by atoms with Crippen LogP contribution in [0.15, 0.2) is 66.7 Å². The summed E-state index contributed by atoms with van der Waals surface area (Å²) in [5, 5.41) is 4.23. The molecule has 3 aromatic carbocycles. The molecule has 29 heavy (non-hydrogen) atoms. The fourth-order valence-electron chi connectivity index (χ4n) is 3.07. The molecule has 0 atom stereocenters. The Morgan fingerprint density at radius 1 is 0.931 bits per heavy atom. The molecule has 3 aromatic rings. The zero-order valence-corrected chi connectivity index (χ0v) is 18.1. The van der Waals surface area contributed by atoms with E-state index in [0.717, 1.165) is 22.4 Å². The number of rotatable bonds is 6. The van der Waals surface area contributed by atoms with Gasteiger partial charge in [-0.1, -0.05) is 71.2 Å². The van der Waals surface area contributed by atoms with E-state index in [2.05, 4.69) is 36.5 Å². The molecule has 0 aromatic heterocycles. The molecule has 0 radical (unpaired) electrons. The normalized spacial score (nSPS) is 10.6. The predicted molar refractivity (Wildman–Crippen MR) is 122 cm³/mol. The summed E-state index contributed by atoms with van der Waals surface area (Å²) in [4.78, 5) is 14.8. The van der Waals surface area contributed by atoms with Crippen LogP contribution in [-0.4, -0.2) is 17.5 Å². The quantitative estimate of drug-likeness (QED) is 0.457. The Bertz CT molecular complexity index is 986. The molecule has 1 N–H and O–H groups in total. The molecule has 0 saturated heterocycles. The average Bonchev–Trinajstić information content (AvgIpc) is 2.67. The van der Waals surface area contributed by atoms with Crippen molar-refractivity contribution in [3.63, 3.8) is 0 Å². The molecule has 0 aliphatic carbocycles. The van der Waals surface area contributed by atoms with E-state index in [1.807, 2.05) is 43.3 Å². The second kappa shape index (κ2) is 9.82. The highest BCUT2D eigenvalue weighted by Gasteiger charge is 2.15. The van der Waals surface area contributed by atoms with Gasteiger partial charge < -0.3 is 10.2 Å². The minimum absolute atomic E-state index is 0.138. The number of carbonyl (C=O) groups excluding carboxylic acids is 1. The summed E-state index contributed by atoms with van der Waals surface area (Å²) in [6.45, 7) is 5.10. The van der Waals surface area contributed by atoms with Crippen LogP contribution >= 0.6 is 23.2 Å². The van der Waals surface area contributed by atoms with Gasteiger partial charge in [0, 0.05) is 28.8 Å². The Morgan fingerprint density at radius 2 is 1.69 bits per heavy atom. The van der Waals surface area contributed by atoms with E-state index in [1.165, 1.54) is 5.56 Å². The van der Waals surface area contributed by atoms with Crippen molar-refractivity contribution in [3.8, 4) is 0 Å². The lowest BCUT2D eigenvalue weighted by atomic mass is 10.1. The fraction of sp³-hybridized carbons (Fsp3) is 0.208. The van der Waals surface area contributed by atoms with E-state index in [-0.39, 0.29) is 6.03 Å². The van der Waals surface area contributed by atoms with Gasteiger partial charge in [-0.3, -0.25) is 0 Å². The van der Waals surface area contributed by atoms with Crippen molar-refractivity contribution in [2.45, 2.75) is 26.8 Å². The number of nitrogens with zero attached hydrogens (tertiary/aromatic N) is 1. The molecular formula is C24H24Cl2N2O. The zero-order chi connectivity index (χ0) is 20.8. The molecular weight excluding hydrogens is 403 g/mol. The highest BCUT2D eigenvalue weighted by Crippen LogP contribution is 2.22. The Labute approximate surface area is 182 Å². The van der Waals surface area contributed by atoms with Crippen molar-refractivity contribution in [1.29, 1.82) is 0 Å². The minimum atomic E-state index is -0.138. The number of hydrogen-bond acceptors (Lipinski definition) is 1. The molecule has 150 valence electrons. The lowest BCUT2D eigenvalue weighted by Crippen LogP contribution is -2.36. The van der Waals surface area contributed by atoms with Crippen LogP contribution in [-0.2, 0) is 13.0 Å². The molecule has 0 spiro atoms. The van der Waals surface area contributed by atoms with E-state index in [9.17, 15) is 4.79 Å². The molecule has 3 nitrogen and oxygen atoms in total. The van der Waals surface area contributed by atoms with E-state index in [1.54, 1.807) is 11.0 Å². The second-order valence-electron chi connectivity index (χ2n) is 7.19. The molecule has 0 saturated carbocycles. The van der Waals surface area contributed by atoms with Gasteiger partial charge in [-0.15, -0.1) is 0 Å². The maximum atomic E-state index is 13.0. The molecule has 2 amide bonds. The number of amides is 2. The summed E-state index contributed by atoms with van der Waals surface area (Å²) in [7, 11) is 0. The molecule has 0 aliphatic heterocycles. The van der Waals surface area contributed by atoms with Crippen molar-refractivity contribution in [1.82, 2.24) is 4.90 Å². The van der Waals surface area contributed by atoms with Crippen LogP contribution in [0.4, 0.5) is 10.5 Å². The summed E-state index contributed by atoms with van der Waals surface area (Å²) in [6, 6.07) is 21.3. The summed E-state index contributed by atoms with van der Waals surface area (Å²) >= 11 is 12.3. The van der Waals surface area contributed by atoms with Crippen LogP contribution < -0.4 is 5.32 Å². The summed E-state index contributed by atoms with van der Waals surface area (Å²) in [5.41, 5.74) is 5.12. The first-order chi connectivity index (χ1) is 13.9. The van der Waals surface area contributed by atoms with Gasteiger partial charge in [0.15, 0.2) is 0 Å². The highest BCUT2D eigenvalue weighted by molar-refractivity contribution is 6.35. The van der Waals surface area contributed by atoms with E-state index in [4.69, 9.17) is 23.2 Å². The minimum Gasteiger partial charge on any atom is -0.320 e. The van der Waals surface area contributed by atoms with Gasteiger partial charge in [0.1, 0.15) is 0 Å². The number of halogens is 2. The molecule has 0 aliphatic rings. The molecule has 0 fully saturated rings. The summed E-state index contributed by atoms with van der Waals surface area (Å²) < 4.78 is 0. The Balaban J connectivity index is 1.76. The van der Waals surface area contributed by atoms with Crippen LogP contribution in [0.5, 0.6) is 0 Å². The first kappa shape index (κ1) is 21.2. The third kappa shape index (κ3) is 6.25. The van der Waals surface area contributed by atoms with Crippen LogP contribution in [0, 0.1) is 13.8 Å². The average molecular weight is 427 g/mol.